The fraction of sp³-hybridized carbons (Fsp3) is 0.250. The Balaban J connectivity index is 2.82. The van der Waals surface area contributed by atoms with Crippen molar-refractivity contribution >= 4 is 21.9 Å². The van der Waals surface area contributed by atoms with Gasteiger partial charge in [0.1, 0.15) is 6.10 Å². The summed E-state index contributed by atoms with van der Waals surface area (Å²) in [7, 11) is 0. The third-order valence-corrected chi connectivity index (χ3v) is 2.53. The van der Waals surface area contributed by atoms with Crippen molar-refractivity contribution in [2.45, 2.75) is 13.0 Å². The van der Waals surface area contributed by atoms with Crippen molar-refractivity contribution in [1.82, 2.24) is 0 Å². The van der Waals surface area contributed by atoms with Crippen molar-refractivity contribution in [1.29, 1.82) is 0 Å². The summed E-state index contributed by atoms with van der Waals surface area (Å²) in [5.74, 6) is -0.574. The van der Waals surface area contributed by atoms with Crippen LogP contribution >= 0.6 is 15.9 Å². The van der Waals surface area contributed by atoms with Gasteiger partial charge >= 0.3 is 5.97 Å². The van der Waals surface area contributed by atoms with E-state index in [4.69, 9.17) is 4.74 Å². The number of aliphatic hydroxyl groups excluding tert-OH is 1. The van der Waals surface area contributed by atoms with Gasteiger partial charge in [0, 0.05) is 4.47 Å². The van der Waals surface area contributed by atoms with Gasteiger partial charge < -0.3 is 9.84 Å². The zero-order chi connectivity index (χ0) is 12.1. The maximum atomic E-state index is 11.3. The Morgan fingerprint density at radius 1 is 1.62 bits per heavy atom. The van der Waals surface area contributed by atoms with Crippen LogP contribution in [0.15, 0.2) is 40.9 Å². The predicted molar refractivity (Wildman–Crippen MR) is 64.9 cm³/mol. The lowest BCUT2D eigenvalue weighted by Crippen LogP contribution is -2.13. The molecule has 3 nitrogen and oxygen atoms in total. The molecule has 4 heteroatoms. The lowest BCUT2D eigenvalue weighted by atomic mass is 10.0. The molecule has 0 spiro atoms. The highest BCUT2D eigenvalue weighted by Gasteiger charge is 2.19. The second-order valence-electron chi connectivity index (χ2n) is 3.20. The molecule has 1 unspecified atom stereocenters. The third kappa shape index (κ3) is 3.18. The maximum Gasteiger partial charge on any atom is 0.336 e. The van der Waals surface area contributed by atoms with Gasteiger partial charge in [0.15, 0.2) is 0 Å². The van der Waals surface area contributed by atoms with Crippen LogP contribution in [0, 0.1) is 0 Å². The van der Waals surface area contributed by atoms with Crippen LogP contribution in [-0.2, 0) is 9.53 Å². The van der Waals surface area contributed by atoms with Crippen LogP contribution in [-0.4, -0.2) is 17.7 Å². The predicted octanol–water partition coefficient (Wildman–Crippen LogP) is 2.60. The number of benzene rings is 1. The molecular formula is C12H13BrO3. The molecule has 1 rings (SSSR count). The third-order valence-electron chi connectivity index (χ3n) is 2.03. The van der Waals surface area contributed by atoms with Crippen molar-refractivity contribution in [3.05, 3.63) is 46.5 Å². The van der Waals surface area contributed by atoms with Gasteiger partial charge in [-0.2, -0.15) is 0 Å². The van der Waals surface area contributed by atoms with Gasteiger partial charge in [-0.25, -0.2) is 4.79 Å². The highest BCUT2D eigenvalue weighted by atomic mass is 79.9. The minimum atomic E-state index is -1.03. The summed E-state index contributed by atoms with van der Waals surface area (Å²) in [6, 6.07) is 7.07. The molecule has 0 aliphatic heterocycles. The van der Waals surface area contributed by atoms with Crippen molar-refractivity contribution in [2.24, 2.45) is 0 Å². The Labute approximate surface area is 103 Å². The van der Waals surface area contributed by atoms with Gasteiger partial charge in [0.05, 0.1) is 12.2 Å². The van der Waals surface area contributed by atoms with Crippen molar-refractivity contribution in [2.75, 3.05) is 6.61 Å². The standard InChI is InChI=1S/C12H13BrO3/c1-3-16-12(15)8(2)11(14)9-5-4-6-10(13)7-9/h4-7,11,14H,2-3H2,1H3. The number of ether oxygens (including phenoxy) is 1. The smallest absolute Gasteiger partial charge is 0.336 e. The zero-order valence-electron chi connectivity index (χ0n) is 8.94. The summed E-state index contributed by atoms with van der Waals surface area (Å²) >= 11 is 3.29. The summed E-state index contributed by atoms with van der Waals surface area (Å²) in [6.07, 6.45) is -1.03. The normalized spacial score (nSPS) is 11.9. The maximum absolute atomic E-state index is 11.3. The quantitative estimate of drug-likeness (QED) is 0.683. The van der Waals surface area contributed by atoms with E-state index in [1.54, 1.807) is 25.1 Å². The summed E-state index contributed by atoms with van der Waals surface area (Å²) in [5.41, 5.74) is 0.646. The first-order valence-corrected chi connectivity index (χ1v) is 5.65. The molecule has 0 fully saturated rings. The van der Waals surface area contributed by atoms with Crippen molar-refractivity contribution in [3.63, 3.8) is 0 Å². The number of aliphatic hydroxyl groups is 1. The fourth-order valence-corrected chi connectivity index (χ4v) is 1.63. The Hall–Kier alpha value is -1.13. The molecule has 0 aliphatic rings. The molecule has 1 atom stereocenters. The largest absolute Gasteiger partial charge is 0.463 e. The fourth-order valence-electron chi connectivity index (χ4n) is 1.21. The molecule has 86 valence electrons. The summed E-state index contributed by atoms with van der Waals surface area (Å²) < 4.78 is 5.60. The first-order chi connectivity index (χ1) is 7.56. The minimum absolute atomic E-state index is 0.0416. The summed E-state index contributed by atoms with van der Waals surface area (Å²) in [4.78, 5) is 11.3. The van der Waals surface area contributed by atoms with Gasteiger partial charge in [-0.15, -0.1) is 0 Å². The van der Waals surface area contributed by atoms with E-state index in [0.29, 0.717) is 5.56 Å². The van der Waals surface area contributed by atoms with Gasteiger partial charge in [0.25, 0.3) is 0 Å². The van der Waals surface area contributed by atoms with Gasteiger partial charge in [-0.3, -0.25) is 0 Å². The highest BCUT2D eigenvalue weighted by molar-refractivity contribution is 9.10. The number of hydrogen-bond acceptors (Lipinski definition) is 3. The average molecular weight is 285 g/mol. The van der Waals surface area contributed by atoms with Gasteiger partial charge in [0.2, 0.25) is 0 Å². The monoisotopic (exact) mass is 284 g/mol. The van der Waals surface area contributed by atoms with E-state index in [1.165, 1.54) is 0 Å². The topological polar surface area (TPSA) is 46.5 Å². The molecule has 0 amide bonds. The molecule has 1 aromatic carbocycles. The van der Waals surface area contributed by atoms with E-state index in [0.717, 1.165) is 4.47 Å². The summed E-state index contributed by atoms with van der Waals surface area (Å²) in [6.45, 7) is 5.51. The van der Waals surface area contributed by atoms with E-state index in [2.05, 4.69) is 22.5 Å². The first kappa shape index (κ1) is 12.9. The Morgan fingerprint density at radius 2 is 2.31 bits per heavy atom. The number of carbonyl (C=O) groups is 1. The molecule has 0 heterocycles. The van der Waals surface area contributed by atoms with E-state index in [1.807, 2.05) is 6.07 Å². The van der Waals surface area contributed by atoms with Crippen LogP contribution in [0.5, 0.6) is 0 Å². The van der Waals surface area contributed by atoms with Crippen LogP contribution in [0.25, 0.3) is 0 Å². The highest BCUT2D eigenvalue weighted by Crippen LogP contribution is 2.23. The van der Waals surface area contributed by atoms with Gasteiger partial charge in [-0.05, 0) is 24.6 Å². The molecular weight excluding hydrogens is 272 g/mol. The average Bonchev–Trinajstić information content (AvgIpc) is 2.27. The Bertz CT molecular complexity index is 401. The van der Waals surface area contributed by atoms with Crippen molar-refractivity contribution in [3.8, 4) is 0 Å². The van der Waals surface area contributed by atoms with E-state index in [9.17, 15) is 9.90 Å². The van der Waals surface area contributed by atoms with E-state index >= 15 is 0 Å². The SMILES string of the molecule is C=C(C(=O)OCC)C(O)c1cccc(Br)c1. The van der Waals surface area contributed by atoms with Gasteiger partial charge in [-0.1, -0.05) is 34.6 Å². The molecule has 0 radical (unpaired) electrons. The Kier molecular flexibility index (Phi) is 4.71. The lowest BCUT2D eigenvalue weighted by Gasteiger charge is -2.13. The van der Waals surface area contributed by atoms with Crippen LogP contribution in [0.1, 0.15) is 18.6 Å². The van der Waals surface area contributed by atoms with Crippen molar-refractivity contribution < 1.29 is 14.6 Å². The van der Waals surface area contributed by atoms with E-state index < -0.39 is 12.1 Å². The van der Waals surface area contributed by atoms with Crippen LogP contribution in [0.4, 0.5) is 0 Å². The lowest BCUT2D eigenvalue weighted by molar-refractivity contribution is -0.139. The number of hydrogen-bond donors (Lipinski definition) is 1. The van der Waals surface area contributed by atoms with Crippen LogP contribution in [0.2, 0.25) is 0 Å². The molecule has 0 aromatic heterocycles. The molecule has 0 saturated heterocycles. The number of rotatable bonds is 4. The number of esters is 1. The number of carbonyl (C=O) groups excluding carboxylic acids is 1. The molecule has 0 saturated carbocycles. The molecule has 0 aliphatic carbocycles. The molecule has 1 N–H and O–H groups in total. The summed E-state index contributed by atoms with van der Waals surface area (Å²) in [5, 5.41) is 9.89. The minimum Gasteiger partial charge on any atom is -0.463 e. The second-order valence-corrected chi connectivity index (χ2v) is 4.12. The Morgan fingerprint density at radius 3 is 2.88 bits per heavy atom. The molecule has 16 heavy (non-hydrogen) atoms. The number of halogens is 1. The van der Waals surface area contributed by atoms with Crippen LogP contribution < -0.4 is 0 Å². The molecule has 1 aromatic rings. The van der Waals surface area contributed by atoms with Crippen LogP contribution in [0.3, 0.4) is 0 Å². The molecule has 0 bridgehead atoms. The van der Waals surface area contributed by atoms with E-state index in [-0.39, 0.29) is 12.2 Å². The second kappa shape index (κ2) is 5.82. The zero-order valence-corrected chi connectivity index (χ0v) is 10.5. The first-order valence-electron chi connectivity index (χ1n) is 4.85.